The Kier molecular flexibility index (Phi) is 3.62. The molecule has 2 N–H and O–H groups in total. The second-order valence-corrected chi connectivity index (χ2v) is 3.84. The lowest BCUT2D eigenvalue weighted by Crippen LogP contribution is -1.93. The van der Waals surface area contributed by atoms with Gasteiger partial charge in [-0.3, -0.25) is 0 Å². The standard InChI is InChI=1S/C14H14O3/c15-13-6-12(7-14(16)8-13)10-17-9-11-4-2-1-3-5-11/h1-8,15-16H,9-10H2. The van der Waals surface area contributed by atoms with Crippen molar-refractivity contribution in [2.75, 3.05) is 0 Å². The summed E-state index contributed by atoms with van der Waals surface area (Å²) in [5.41, 5.74) is 1.84. The van der Waals surface area contributed by atoms with Gasteiger partial charge < -0.3 is 14.9 Å². The Labute approximate surface area is 99.9 Å². The van der Waals surface area contributed by atoms with E-state index in [1.807, 2.05) is 30.3 Å². The lowest BCUT2D eigenvalue weighted by atomic mass is 10.2. The molecule has 0 aliphatic rings. The van der Waals surface area contributed by atoms with E-state index < -0.39 is 0 Å². The molecular weight excluding hydrogens is 216 g/mol. The second kappa shape index (κ2) is 5.37. The van der Waals surface area contributed by atoms with Gasteiger partial charge in [0.15, 0.2) is 0 Å². The van der Waals surface area contributed by atoms with Crippen molar-refractivity contribution in [1.82, 2.24) is 0 Å². The molecule has 0 saturated carbocycles. The molecule has 0 atom stereocenters. The van der Waals surface area contributed by atoms with Crippen LogP contribution in [0.5, 0.6) is 11.5 Å². The molecule has 0 spiro atoms. The summed E-state index contributed by atoms with van der Waals surface area (Å²) in [6.07, 6.45) is 0. The number of benzene rings is 2. The highest BCUT2D eigenvalue weighted by molar-refractivity contribution is 5.36. The summed E-state index contributed by atoms with van der Waals surface area (Å²) in [5.74, 6) is 0.0895. The van der Waals surface area contributed by atoms with Crippen LogP contribution in [0.15, 0.2) is 48.5 Å². The predicted molar refractivity (Wildman–Crippen MR) is 64.7 cm³/mol. The third-order valence-corrected chi connectivity index (χ3v) is 2.34. The Bertz CT molecular complexity index is 460. The number of phenols is 2. The molecule has 0 unspecified atom stereocenters. The van der Waals surface area contributed by atoms with Crippen LogP contribution < -0.4 is 0 Å². The van der Waals surface area contributed by atoms with Gasteiger partial charge in [-0.2, -0.15) is 0 Å². The zero-order valence-electron chi connectivity index (χ0n) is 9.34. The van der Waals surface area contributed by atoms with Gasteiger partial charge in [-0.05, 0) is 23.3 Å². The van der Waals surface area contributed by atoms with Crippen LogP contribution in [0.25, 0.3) is 0 Å². The molecule has 0 bridgehead atoms. The van der Waals surface area contributed by atoms with Crippen molar-refractivity contribution in [3.05, 3.63) is 59.7 Å². The van der Waals surface area contributed by atoms with Crippen LogP contribution in [0.3, 0.4) is 0 Å². The molecule has 0 saturated heterocycles. The first kappa shape index (κ1) is 11.5. The molecule has 2 rings (SSSR count). The second-order valence-electron chi connectivity index (χ2n) is 3.84. The molecule has 0 radical (unpaired) electrons. The molecule has 3 heteroatoms. The summed E-state index contributed by atoms with van der Waals surface area (Å²) >= 11 is 0. The van der Waals surface area contributed by atoms with Gasteiger partial charge >= 0.3 is 0 Å². The molecule has 0 aliphatic heterocycles. The molecule has 88 valence electrons. The van der Waals surface area contributed by atoms with Gasteiger partial charge in [-0.15, -0.1) is 0 Å². The number of rotatable bonds is 4. The lowest BCUT2D eigenvalue weighted by Gasteiger charge is -2.05. The molecule has 0 aliphatic carbocycles. The Balaban J connectivity index is 1.90. The van der Waals surface area contributed by atoms with E-state index >= 15 is 0 Å². The number of phenolic OH excluding ortho intramolecular Hbond substituents is 2. The first-order valence-corrected chi connectivity index (χ1v) is 5.37. The van der Waals surface area contributed by atoms with Crippen LogP contribution in [-0.2, 0) is 18.0 Å². The highest BCUT2D eigenvalue weighted by atomic mass is 16.5. The average molecular weight is 230 g/mol. The van der Waals surface area contributed by atoms with Crippen LogP contribution in [0, 0.1) is 0 Å². The fraction of sp³-hybridized carbons (Fsp3) is 0.143. The summed E-state index contributed by atoms with van der Waals surface area (Å²) in [6, 6.07) is 14.3. The minimum absolute atomic E-state index is 0.0447. The van der Waals surface area contributed by atoms with Gasteiger partial charge in [-0.1, -0.05) is 30.3 Å². The van der Waals surface area contributed by atoms with E-state index in [0.29, 0.717) is 13.2 Å². The molecule has 0 heterocycles. The highest BCUT2D eigenvalue weighted by Crippen LogP contribution is 2.21. The molecule has 3 nitrogen and oxygen atoms in total. The van der Waals surface area contributed by atoms with Crippen molar-refractivity contribution in [2.24, 2.45) is 0 Å². The first-order chi connectivity index (χ1) is 8.24. The molecule has 17 heavy (non-hydrogen) atoms. The predicted octanol–water partition coefficient (Wildman–Crippen LogP) is 2.81. The van der Waals surface area contributed by atoms with E-state index in [1.54, 1.807) is 12.1 Å². The van der Waals surface area contributed by atoms with Gasteiger partial charge in [-0.25, -0.2) is 0 Å². The number of hydrogen-bond donors (Lipinski definition) is 2. The molecule has 2 aromatic carbocycles. The zero-order chi connectivity index (χ0) is 12.1. The maximum absolute atomic E-state index is 9.29. The van der Waals surface area contributed by atoms with Gasteiger partial charge in [0.05, 0.1) is 13.2 Å². The largest absolute Gasteiger partial charge is 0.508 e. The fourth-order valence-electron chi connectivity index (χ4n) is 1.60. The van der Waals surface area contributed by atoms with Crippen molar-refractivity contribution in [3.8, 4) is 11.5 Å². The van der Waals surface area contributed by atoms with Crippen molar-refractivity contribution >= 4 is 0 Å². The summed E-state index contributed by atoms with van der Waals surface area (Å²) in [5, 5.41) is 18.6. The van der Waals surface area contributed by atoms with Crippen molar-refractivity contribution < 1.29 is 14.9 Å². The van der Waals surface area contributed by atoms with Crippen LogP contribution in [0.1, 0.15) is 11.1 Å². The molecule has 0 fully saturated rings. The molecule has 0 aromatic heterocycles. The zero-order valence-corrected chi connectivity index (χ0v) is 9.34. The van der Waals surface area contributed by atoms with E-state index in [4.69, 9.17) is 4.74 Å². The van der Waals surface area contributed by atoms with Crippen LogP contribution in [0.2, 0.25) is 0 Å². The van der Waals surface area contributed by atoms with Gasteiger partial charge in [0, 0.05) is 6.07 Å². The van der Waals surface area contributed by atoms with Crippen molar-refractivity contribution in [1.29, 1.82) is 0 Å². The SMILES string of the molecule is Oc1cc(O)cc(COCc2ccccc2)c1. The van der Waals surface area contributed by atoms with Crippen LogP contribution >= 0.6 is 0 Å². The summed E-state index contributed by atoms with van der Waals surface area (Å²) in [6.45, 7) is 0.869. The van der Waals surface area contributed by atoms with Gasteiger partial charge in [0.2, 0.25) is 0 Å². The summed E-state index contributed by atoms with van der Waals surface area (Å²) < 4.78 is 5.49. The van der Waals surface area contributed by atoms with E-state index in [-0.39, 0.29) is 11.5 Å². The topological polar surface area (TPSA) is 49.7 Å². The monoisotopic (exact) mass is 230 g/mol. The molecular formula is C14H14O3. The number of hydrogen-bond acceptors (Lipinski definition) is 3. The molecule has 2 aromatic rings. The van der Waals surface area contributed by atoms with Crippen molar-refractivity contribution in [2.45, 2.75) is 13.2 Å². The Morgan fingerprint density at radius 2 is 1.35 bits per heavy atom. The maximum Gasteiger partial charge on any atom is 0.119 e. The van der Waals surface area contributed by atoms with Gasteiger partial charge in [0.1, 0.15) is 11.5 Å². The van der Waals surface area contributed by atoms with E-state index in [9.17, 15) is 10.2 Å². The van der Waals surface area contributed by atoms with Crippen LogP contribution in [0.4, 0.5) is 0 Å². The third kappa shape index (κ3) is 3.50. The first-order valence-electron chi connectivity index (χ1n) is 5.37. The normalized spacial score (nSPS) is 10.4. The minimum Gasteiger partial charge on any atom is -0.508 e. The number of aromatic hydroxyl groups is 2. The molecule has 0 amide bonds. The quantitative estimate of drug-likeness (QED) is 0.849. The van der Waals surface area contributed by atoms with Crippen molar-refractivity contribution in [3.63, 3.8) is 0 Å². The van der Waals surface area contributed by atoms with E-state index in [0.717, 1.165) is 11.1 Å². The Hall–Kier alpha value is -2.00. The lowest BCUT2D eigenvalue weighted by molar-refractivity contribution is 0.107. The Morgan fingerprint density at radius 1 is 0.765 bits per heavy atom. The van der Waals surface area contributed by atoms with E-state index in [2.05, 4.69) is 0 Å². The minimum atomic E-state index is 0.0447. The average Bonchev–Trinajstić information content (AvgIpc) is 2.29. The third-order valence-electron chi connectivity index (χ3n) is 2.34. The highest BCUT2D eigenvalue weighted by Gasteiger charge is 1.99. The summed E-state index contributed by atoms with van der Waals surface area (Å²) in [7, 11) is 0. The fourth-order valence-corrected chi connectivity index (χ4v) is 1.60. The van der Waals surface area contributed by atoms with E-state index in [1.165, 1.54) is 6.07 Å². The van der Waals surface area contributed by atoms with Gasteiger partial charge in [0.25, 0.3) is 0 Å². The smallest absolute Gasteiger partial charge is 0.119 e. The Morgan fingerprint density at radius 3 is 2.00 bits per heavy atom. The summed E-state index contributed by atoms with van der Waals surface area (Å²) in [4.78, 5) is 0. The van der Waals surface area contributed by atoms with Crippen LogP contribution in [-0.4, -0.2) is 10.2 Å². The maximum atomic E-state index is 9.29. The number of ether oxygens (including phenoxy) is 1.